The van der Waals surface area contributed by atoms with Crippen LogP contribution in [-0.2, 0) is 14.8 Å². The largest absolute Gasteiger partial charge is 0.443 e. The number of hydrogen-bond acceptors (Lipinski definition) is 6. The second kappa shape index (κ2) is 10.7. The molecule has 2 saturated heterocycles. The summed E-state index contributed by atoms with van der Waals surface area (Å²) < 4.78 is 46.5. The van der Waals surface area contributed by atoms with E-state index in [2.05, 4.69) is 9.62 Å². The van der Waals surface area contributed by atoms with Crippen LogP contribution in [0.2, 0.25) is 0 Å². The van der Waals surface area contributed by atoms with E-state index in [1.807, 2.05) is 18.7 Å². The predicted octanol–water partition coefficient (Wildman–Crippen LogP) is 3.20. The van der Waals surface area contributed by atoms with E-state index in [0.717, 1.165) is 43.9 Å². The molecule has 1 N–H and O–H groups in total. The third-order valence-corrected chi connectivity index (χ3v) is 7.78. The molecule has 0 radical (unpaired) electrons. The second-order valence-electron chi connectivity index (χ2n) is 7.58. The zero-order valence-electron chi connectivity index (χ0n) is 17.3. The van der Waals surface area contributed by atoms with E-state index in [4.69, 9.17) is 4.74 Å². The normalized spacial score (nSPS) is 20.7. The quantitative estimate of drug-likeness (QED) is 0.643. The molecule has 1 amide bonds. The van der Waals surface area contributed by atoms with Crippen LogP contribution < -0.4 is 14.5 Å². The van der Waals surface area contributed by atoms with E-state index in [9.17, 15) is 17.6 Å². The van der Waals surface area contributed by atoms with Gasteiger partial charge in [0.15, 0.2) is 0 Å². The Morgan fingerprint density at radius 1 is 1.27 bits per heavy atom. The molecular formula is C20H30FN3O4S2. The molecule has 1 aromatic rings. The number of anilines is 2. The average Bonchev–Trinajstić information content (AvgIpc) is 3.06. The fraction of sp³-hybridized carbons (Fsp3) is 0.650. The van der Waals surface area contributed by atoms with Crippen LogP contribution in [0.15, 0.2) is 18.2 Å². The SMILES string of the molecule is CCCCS(=O)(=O)NCC1CN(c2ccc(N3CCCSCCC3)c(F)c2)C(=O)O1. The van der Waals surface area contributed by atoms with Gasteiger partial charge in [0.2, 0.25) is 10.0 Å². The Balaban J connectivity index is 1.61. The van der Waals surface area contributed by atoms with Gasteiger partial charge in [-0.15, -0.1) is 0 Å². The lowest BCUT2D eigenvalue weighted by Crippen LogP contribution is -2.35. The third kappa shape index (κ3) is 6.24. The van der Waals surface area contributed by atoms with E-state index < -0.39 is 22.2 Å². The molecule has 2 heterocycles. The fourth-order valence-corrected chi connectivity index (χ4v) is 5.68. The molecule has 1 atom stereocenters. The molecule has 0 aromatic heterocycles. The third-order valence-electron chi connectivity index (χ3n) is 5.19. The highest BCUT2D eigenvalue weighted by molar-refractivity contribution is 7.99. The van der Waals surface area contributed by atoms with Gasteiger partial charge in [-0.3, -0.25) is 4.90 Å². The Morgan fingerprint density at radius 3 is 2.67 bits per heavy atom. The lowest BCUT2D eigenvalue weighted by Gasteiger charge is -2.27. The zero-order chi connectivity index (χ0) is 21.6. The molecule has 0 spiro atoms. The Morgan fingerprint density at radius 2 is 2.00 bits per heavy atom. The molecule has 2 aliphatic rings. The number of carbonyl (C=O) groups excluding carboxylic acids is 1. The molecule has 0 saturated carbocycles. The second-order valence-corrected chi connectivity index (χ2v) is 10.7. The Labute approximate surface area is 182 Å². The summed E-state index contributed by atoms with van der Waals surface area (Å²) >= 11 is 1.94. The molecule has 7 nitrogen and oxygen atoms in total. The van der Waals surface area contributed by atoms with Gasteiger partial charge < -0.3 is 9.64 Å². The number of halogens is 1. The van der Waals surface area contributed by atoms with Crippen molar-refractivity contribution < 1.29 is 22.3 Å². The minimum absolute atomic E-state index is 0.0145. The Kier molecular flexibility index (Phi) is 8.24. The summed E-state index contributed by atoms with van der Waals surface area (Å²) in [5, 5.41) is 0. The first-order valence-electron chi connectivity index (χ1n) is 10.5. The number of cyclic esters (lactones) is 1. The first-order valence-corrected chi connectivity index (χ1v) is 13.3. The molecule has 30 heavy (non-hydrogen) atoms. The highest BCUT2D eigenvalue weighted by atomic mass is 32.2. The maximum Gasteiger partial charge on any atom is 0.414 e. The van der Waals surface area contributed by atoms with E-state index in [1.54, 1.807) is 12.1 Å². The number of thioether (sulfide) groups is 1. The maximum atomic E-state index is 14.9. The van der Waals surface area contributed by atoms with Crippen LogP contribution in [0.25, 0.3) is 0 Å². The van der Waals surface area contributed by atoms with Gasteiger partial charge in [0, 0.05) is 19.6 Å². The maximum absolute atomic E-state index is 14.9. The van der Waals surface area contributed by atoms with Crippen LogP contribution >= 0.6 is 11.8 Å². The van der Waals surface area contributed by atoms with Crippen LogP contribution in [0, 0.1) is 5.82 Å². The van der Waals surface area contributed by atoms with Crippen LogP contribution in [0.5, 0.6) is 0 Å². The summed E-state index contributed by atoms with van der Waals surface area (Å²) in [5.41, 5.74) is 0.971. The Bertz CT molecular complexity index is 829. The van der Waals surface area contributed by atoms with Gasteiger partial charge in [-0.25, -0.2) is 22.3 Å². The minimum atomic E-state index is -3.39. The molecule has 0 aliphatic carbocycles. The van der Waals surface area contributed by atoms with Crippen LogP contribution in [0.1, 0.15) is 32.6 Å². The van der Waals surface area contributed by atoms with Crippen molar-refractivity contribution in [3.05, 3.63) is 24.0 Å². The molecule has 168 valence electrons. The van der Waals surface area contributed by atoms with Crippen LogP contribution in [0.4, 0.5) is 20.6 Å². The number of sulfonamides is 1. The number of carbonyl (C=O) groups is 1. The first-order chi connectivity index (χ1) is 14.4. The number of benzene rings is 1. The van der Waals surface area contributed by atoms with Gasteiger partial charge in [0.25, 0.3) is 0 Å². The van der Waals surface area contributed by atoms with Crippen molar-refractivity contribution >= 4 is 39.3 Å². The summed E-state index contributed by atoms with van der Waals surface area (Å²) in [6, 6.07) is 4.80. The molecule has 2 fully saturated rings. The number of ether oxygens (including phenoxy) is 1. The molecule has 3 rings (SSSR count). The van der Waals surface area contributed by atoms with E-state index in [0.29, 0.717) is 17.8 Å². The van der Waals surface area contributed by atoms with Crippen molar-refractivity contribution in [2.75, 3.05) is 53.2 Å². The predicted molar refractivity (Wildman–Crippen MR) is 119 cm³/mol. The smallest absolute Gasteiger partial charge is 0.414 e. The topological polar surface area (TPSA) is 79.0 Å². The van der Waals surface area contributed by atoms with Gasteiger partial charge in [-0.2, -0.15) is 11.8 Å². The monoisotopic (exact) mass is 459 g/mol. The first kappa shape index (κ1) is 23.1. The molecule has 1 unspecified atom stereocenters. The summed E-state index contributed by atoms with van der Waals surface area (Å²) in [7, 11) is -3.39. The van der Waals surface area contributed by atoms with Crippen molar-refractivity contribution in [3.63, 3.8) is 0 Å². The number of rotatable bonds is 8. The summed E-state index contributed by atoms with van der Waals surface area (Å²) in [4.78, 5) is 15.7. The van der Waals surface area contributed by atoms with Crippen molar-refractivity contribution in [3.8, 4) is 0 Å². The van der Waals surface area contributed by atoms with Crippen molar-refractivity contribution in [2.45, 2.75) is 38.7 Å². The minimum Gasteiger partial charge on any atom is -0.443 e. The van der Waals surface area contributed by atoms with Gasteiger partial charge in [-0.1, -0.05) is 13.3 Å². The Hall–Kier alpha value is -1.52. The summed E-state index contributed by atoms with van der Waals surface area (Å²) in [5.74, 6) is 1.85. The van der Waals surface area contributed by atoms with Gasteiger partial charge in [-0.05, 0) is 49.0 Å². The van der Waals surface area contributed by atoms with Crippen LogP contribution in [-0.4, -0.2) is 64.1 Å². The summed E-state index contributed by atoms with van der Waals surface area (Å²) in [6.07, 6.45) is 2.19. The lowest BCUT2D eigenvalue weighted by molar-refractivity contribution is 0.143. The summed E-state index contributed by atoms with van der Waals surface area (Å²) in [6.45, 7) is 3.74. The number of unbranched alkanes of at least 4 members (excludes halogenated alkanes) is 1. The number of nitrogens with zero attached hydrogens (tertiary/aromatic N) is 2. The van der Waals surface area contributed by atoms with E-state index in [-0.39, 0.29) is 24.7 Å². The highest BCUT2D eigenvalue weighted by Gasteiger charge is 2.33. The molecule has 1 aromatic carbocycles. The zero-order valence-corrected chi connectivity index (χ0v) is 18.9. The molecule has 0 bridgehead atoms. The number of hydrogen-bond donors (Lipinski definition) is 1. The highest BCUT2D eigenvalue weighted by Crippen LogP contribution is 2.29. The number of amides is 1. The van der Waals surface area contributed by atoms with Crippen molar-refractivity contribution in [1.82, 2.24) is 4.72 Å². The van der Waals surface area contributed by atoms with E-state index >= 15 is 0 Å². The van der Waals surface area contributed by atoms with Crippen molar-refractivity contribution in [2.24, 2.45) is 0 Å². The van der Waals surface area contributed by atoms with Crippen molar-refractivity contribution in [1.29, 1.82) is 0 Å². The standard InChI is InChI=1S/C20H30FN3O4S2/c1-2-3-12-30(26,27)22-14-17-15-24(20(25)28-17)16-6-7-19(18(21)13-16)23-8-4-10-29-11-5-9-23/h6-7,13,17,22H,2-5,8-12,14-15H2,1H3. The van der Waals surface area contributed by atoms with E-state index in [1.165, 1.54) is 11.0 Å². The lowest BCUT2D eigenvalue weighted by atomic mass is 10.2. The van der Waals surface area contributed by atoms with Crippen LogP contribution in [0.3, 0.4) is 0 Å². The molecule has 2 aliphatic heterocycles. The van der Waals surface area contributed by atoms with Gasteiger partial charge in [0.1, 0.15) is 11.9 Å². The molecular weight excluding hydrogens is 429 g/mol. The average molecular weight is 460 g/mol. The fourth-order valence-electron chi connectivity index (χ4n) is 3.55. The molecule has 10 heteroatoms. The van der Waals surface area contributed by atoms with Gasteiger partial charge >= 0.3 is 6.09 Å². The van der Waals surface area contributed by atoms with Gasteiger partial charge in [0.05, 0.1) is 23.7 Å². The number of nitrogens with one attached hydrogen (secondary N) is 1.